The van der Waals surface area contributed by atoms with E-state index in [4.69, 9.17) is 9.15 Å². The van der Waals surface area contributed by atoms with Crippen LogP contribution in [0.5, 0.6) is 0 Å². The highest BCUT2D eigenvalue weighted by atomic mass is 16.5. The molecule has 1 saturated heterocycles. The molecule has 1 aliphatic heterocycles. The van der Waals surface area contributed by atoms with Gasteiger partial charge in [-0.3, -0.25) is 0 Å². The fourth-order valence-electron chi connectivity index (χ4n) is 1.91. The summed E-state index contributed by atoms with van der Waals surface area (Å²) in [7, 11) is 0. The monoisotopic (exact) mass is 239 g/mol. The van der Waals surface area contributed by atoms with Crippen molar-refractivity contribution in [1.29, 1.82) is 0 Å². The Bertz CT molecular complexity index is 332. The van der Waals surface area contributed by atoms with Gasteiger partial charge in [-0.2, -0.15) is 0 Å². The Morgan fingerprint density at radius 3 is 2.88 bits per heavy atom. The van der Waals surface area contributed by atoms with E-state index in [1.807, 2.05) is 0 Å². The van der Waals surface area contributed by atoms with Gasteiger partial charge in [0.25, 0.3) is 0 Å². The first-order valence-corrected chi connectivity index (χ1v) is 6.40. The summed E-state index contributed by atoms with van der Waals surface area (Å²) >= 11 is 0. The van der Waals surface area contributed by atoms with Crippen molar-refractivity contribution in [3.05, 3.63) is 11.8 Å². The largest absolute Gasteiger partial charge is 0.424 e. The average molecular weight is 239 g/mol. The van der Waals surface area contributed by atoms with Crippen molar-refractivity contribution in [2.75, 3.05) is 6.61 Å². The lowest BCUT2D eigenvalue weighted by molar-refractivity contribution is 0.103. The molecule has 0 amide bonds. The molecule has 5 nitrogen and oxygen atoms in total. The maximum atomic E-state index is 5.56. The summed E-state index contributed by atoms with van der Waals surface area (Å²) in [6, 6.07) is 0.428. The minimum Gasteiger partial charge on any atom is -0.424 e. The minimum absolute atomic E-state index is 0.388. The lowest BCUT2D eigenvalue weighted by Crippen LogP contribution is -2.21. The molecule has 0 radical (unpaired) electrons. The summed E-state index contributed by atoms with van der Waals surface area (Å²) in [5.74, 6) is 1.39. The van der Waals surface area contributed by atoms with E-state index < -0.39 is 0 Å². The van der Waals surface area contributed by atoms with Crippen LogP contribution < -0.4 is 5.32 Å². The zero-order chi connectivity index (χ0) is 12.1. The third-order valence-corrected chi connectivity index (χ3v) is 2.87. The van der Waals surface area contributed by atoms with Crippen molar-refractivity contribution in [3.63, 3.8) is 0 Å². The van der Waals surface area contributed by atoms with Crippen LogP contribution in [0.1, 0.15) is 44.9 Å². The lowest BCUT2D eigenvalue weighted by Gasteiger charge is -2.06. The summed E-state index contributed by atoms with van der Waals surface area (Å²) in [5.41, 5.74) is 0. The number of rotatable bonds is 6. The van der Waals surface area contributed by atoms with Crippen LogP contribution in [-0.2, 0) is 17.7 Å². The van der Waals surface area contributed by atoms with E-state index in [9.17, 15) is 0 Å². The minimum atomic E-state index is 0.388. The van der Waals surface area contributed by atoms with Gasteiger partial charge in [-0.1, -0.05) is 13.8 Å². The van der Waals surface area contributed by atoms with Crippen LogP contribution in [0.25, 0.3) is 0 Å². The molecule has 96 valence electrons. The number of nitrogens with one attached hydrogen (secondary N) is 1. The molecule has 0 aliphatic carbocycles. The molecule has 1 atom stereocenters. The van der Waals surface area contributed by atoms with Gasteiger partial charge in [0.1, 0.15) is 0 Å². The van der Waals surface area contributed by atoms with Gasteiger partial charge in [-0.15, -0.1) is 10.2 Å². The van der Waals surface area contributed by atoms with E-state index >= 15 is 0 Å². The molecule has 1 aromatic heterocycles. The number of aryl methyl sites for hydroxylation is 1. The van der Waals surface area contributed by atoms with Crippen LogP contribution in [0.3, 0.4) is 0 Å². The van der Waals surface area contributed by atoms with Crippen LogP contribution in [0, 0.1) is 0 Å². The van der Waals surface area contributed by atoms with Crippen molar-refractivity contribution in [3.8, 4) is 0 Å². The van der Waals surface area contributed by atoms with Crippen LogP contribution >= 0.6 is 0 Å². The zero-order valence-electron chi connectivity index (χ0n) is 10.6. The fourth-order valence-corrected chi connectivity index (χ4v) is 1.91. The van der Waals surface area contributed by atoms with E-state index in [2.05, 4.69) is 29.4 Å². The molecule has 2 heterocycles. The Balaban J connectivity index is 1.73. The second-order valence-electron chi connectivity index (χ2n) is 4.80. The number of ether oxygens (including phenoxy) is 1. The Kier molecular flexibility index (Phi) is 4.50. The highest BCUT2D eigenvalue weighted by Gasteiger charge is 2.16. The van der Waals surface area contributed by atoms with Gasteiger partial charge in [-0.05, 0) is 19.3 Å². The molecule has 0 bridgehead atoms. The van der Waals surface area contributed by atoms with Gasteiger partial charge in [0.05, 0.1) is 12.6 Å². The number of aromatic nitrogens is 2. The first kappa shape index (κ1) is 12.5. The predicted molar refractivity (Wildman–Crippen MR) is 63.6 cm³/mol. The predicted octanol–water partition coefficient (Wildman–Crippen LogP) is 1.68. The van der Waals surface area contributed by atoms with Crippen LogP contribution in [0.4, 0.5) is 0 Å². The smallest absolute Gasteiger partial charge is 0.230 e. The van der Waals surface area contributed by atoms with Crippen molar-refractivity contribution in [1.82, 2.24) is 15.5 Å². The molecule has 0 saturated carbocycles. The molecular weight excluding hydrogens is 218 g/mol. The normalized spacial score (nSPS) is 20.3. The number of hydrogen-bond acceptors (Lipinski definition) is 5. The molecule has 2 rings (SSSR count). The van der Waals surface area contributed by atoms with Crippen LogP contribution in [0.2, 0.25) is 0 Å². The summed E-state index contributed by atoms with van der Waals surface area (Å²) < 4.78 is 11.1. The van der Waals surface area contributed by atoms with Crippen molar-refractivity contribution in [2.45, 2.75) is 58.2 Å². The first-order valence-electron chi connectivity index (χ1n) is 6.40. The molecule has 1 aromatic rings. The zero-order valence-corrected chi connectivity index (χ0v) is 10.6. The molecular formula is C12H21N3O2. The Labute approximate surface area is 102 Å². The highest BCUT2D eigenvalue weighted by Crippen LogP contribution is 2.17. The molecule has 1 unspecified atom stereocenters. The number of hydrogen-bond donors (Lipinski definition) is 1. The first-order chi connectivity index (χ1) is 8.24. The summed E-state index contributed by atoms with van der Waals surface area (Å²) in [4.78, 5) is 0. The SMILES string of the molecule is CC(C)NCc1nnc(CCC2CCCO2)o1. The fraction of sp³-hybridized carbons (Fsp3) is 0.833. The standard InChI is InChI=1S/C12H21N3O2/c1-9(2)13-8-12-15-14-11(17-12)6-5-10-4-3-7-16-10/h9-10,13H,3-8H2,1-2H3. The van der Waals surface area contributed by atoms with Crippen molar-refractivity contribution in [2.24, 2.45) is 0 Å². The summed E-state index contributed by atoms with van der Waals surface area (Å²) in [6.07, 6.45) is 4.53. The summed E-state index contributed by atoms with van der Waals surface area (Å²) in [6.45, 7) is 5.73. The third kappa shape index (κ3) is 4.09. The third-order valence-electron chi connectivity index (χ3n) is 2.87. The van der Waals surface area contributed by atoms with Gasteiger partial charge in [0.15, 0.2) is 0 Å². The lowest BCUT2D eigenvalue weighted by atomic mass is 10.1. The van der Waals surface area contributed by atoms with Gasteiger partial charge in [0.2, 0.25) is 11.8 Å². The van der Waals surface area contributed by atoms with E-state index in [-0.39, 0.29) is 0 Å². The maximum Gasteiger partial charge on any atom is 0.230 e. The van der Waals surface area contributed by atoms with E-state index in [0.717, 1.165) is 31.8 Å². The molecule has 5 heteroatoms. The van der Waals surface area contributed by atoms with Crippen LogP contribution in [-0.4, -0.2) is 29.0 Å². The molecule has 0 aromatic carbocycles. The average Bonchev–Trinajstić information content (AvgIpc) is 2.95. The van der Waals surface area contributed by atoms with Crippen LogP contribution in [0.15, 0.2) is 4.42 Å². The molecule has 1 fully saturated rings. The second-order valence-corrected chi connectivity index (χ2v) is 4.80. The van der Waals surface area contributed by atoms with E-state index in [1.54, 1.807) is 0 Å². The Hall–Kier alpha value is -0.940. The van der Waals surface area contributed by atoms with Gasteiger partial charge >= 0.3 is 0 Å². The Morgan fingerprint density at radius 2 is 2.18 bits per heavy atom. The van der Waals surface area contributed by atoms with Gasteiger partial charge < -0.3 is 14.5 Å². The van der Waals surface area contributed by atoms with E-state index in [0.29, 0.717) is 24.6 Å². The van der Waals surface area contributed by atoms with Gasteiger partial charge in [-0.25, -0.2) is 0 Å². The van der Waals surface area contributed by atoms with Crippen molar-refractivity contribution >= 4 is 0 Å². The highest BCUT2D eigenvalue weighted by molar-refractivity contribution is 4.83. The molecule has 1 aliphatic rings. The molecule has 17 heavy (non-hydrogen) atoms. The number of nitrogens with zero attached hydrogens (tertiary/aromatic N) is 2. The maximum absolute atomic E-state index is 5.56. The quantitative estimate of drug-likeness (QED) is 0.818. The van der Waals surface area contributed by atoms with E-state index in [1.165, 1.54) is 6.42 Å². The molecule has 0 spiro atoms. The topological polar surface area (TPSA) is 60.2 Å². The Morgan fingerprint density at radius 1 is 1.35 bits per heavy atom. The summed E-state index contributed by atoms with van der Waals surface area (Å²) in [5, 5.41) is 11.3. The van der Waals surface area contributed by atoms with Gasteiger partial charge in [0, 0.05) is 19.1 Å². The second kappa shape index (κ2) is 6.12. The van der Waals surface area contributed by atoms with Crippen molar-refractivity contribution < 1.29 is 9.15 Å². The molecule has 1 N–H and O–H groups in total.